The molecule has 0 atom stereocenters. The predicted molar refractivity (Wildman–Crippen MR) is 155 cm³/mol. The van der Waals surface area contributed by atoms with Gasteiger partial charge in [0.25, 0.3) is 11.7 Å². The minimum Gasteiger partial charge on any atom is -0.342 e. The van der Waals surface area contributed by atoms with E-state index >= 15 is 0 Å². The summed E-state index contributed by atoms with van der Waals surface area (Å²) in [6.07, 6.45) is 1.70. The quantitative estimate of drug-likeness (QED) is 0.173. The summed E-state index contributed by atoms with van der Waals surface area (Å²) in [6.45, 7) is 2.04. The van der Waals surface area contributed by atoms with E-state index in [0.29, 0.717) is 43.7 Å². The molecule has 1 fully saturated rings. The van der Waals surface area contributed by atoms with Crippen molar-refractivity contribution >= 4 is 22.6 Å². The number of Topliss-reactive ketones (excluding diaryl/α,β-unsaturated/α-hetero) is 1. The summed E-state index contributed by atoms with van der Waals surface area (Å²) in [5.74, 6) is -2.15. The van der Waals surface area contributed by atoms with E-state index < -0.39 is 11.7 Å². The molecule has 0 aliphatic carbocycles. The molecular weight excluding hydrogens is 539 g/mol. The number of hydrogen-bond acceptors (Lipinski definition) is 3. The van der Waals surface area contributed by atoms with Crippen molar-refractivity contribution in [3.63, 3.8) is 0 Å². The van der Waals surface area contributed by atoms with E-state index in [1.165, 1.54) is 36.4 Å². The standard InChI is InChI=1S/C34H28F3N3O2/c35-26-11-5-23(6-12-26)21-40-22-30(29-3-1-2-4-31(29)40)33(41)34(42)39-19-17-38(18-20-39)32(24-7-13-27(36)14-8-24)25-9-15-28(37)16-10-25/h1-16,22,32H,17-21H2. The molecule has 1 aliphatic rings. The van der Waals surface area contributed by atoms with Gasteiger partial charge < -0.3 is 9.47 Å². The molecule has 0 unspecified atom stereocenters. The summed E-state index contributed by atoms with van der Waals surface area (Å²) in [5, 5.41) is 0.685. The molecule has 0 N–H and O–H groups in total. The van der Waals surface area contributed by atoms with Gasteiger partial charge in [-0.25, -0.2) is 13.2 Å². The number of aromatic nitrogens is 1. The van der Waals surface area contributed by atoms with Gasteiger partial charge in [0.05, 0.1) is 11.6 Å². The summed E-state index contributed by atoms with van der Waals surface area (Å²) < 4.78 is 42.6. The summed E-state index contributed by atoms with van der Waals surface area (Å²) in [4.78, 5) is 30.7. The summed E-state index contributed by atoms with van der Waals surface area (Å²) in [7, 11) is 0. The SMILES string of the molecule is O=C(C(=O)N1CCN(C(c2ccc(F)cc2)c2ccc(F)cc2)CC1)c1cn(Cc2ccc(F)cc2)c2ccccc12. The van der Waals surface area contributed by atoms with Gasteiger partial charge in [0.2, 0.25) is 0 Å². The Bertz CT molecular complexity index is 1680. The third-order valence-electron chi connectivity index (χ3n) is 7.83. The molecule has 1 saturated heterocycles. The number of hydrogen-bond donors (Lipinski definition) is 0. The molecule has 1 aromatic heterocycles. The van der Waals surface area contributed by atoms with Crippen LogP contribution in [0.4, 0.5) is 13.2 Å². The molecule has 212 valence electrons. The Kier molecular flexibility index (Phi) is 7.63. The van der Waals surface area contributed by atoms with Crippen molar-refractivity contribution in [1.29, 1.82) is 0 Å². The number of carbonyl (C=O) groups is 2. The minimum absolute atomic E-state index is 0.261. The Morgan fingerprint density at radius 2 is 1.19 bits per heavy atom. The number of halogens is 3. The summed E-state index contributed by atoms with van der Waals surface area (Å²) in [6, 6.07) is 25.8. The molecule has 8 heteroatoms. The number of para-hydroxylation sites is 1. The van der Waals surface area contributed by atoms with E-state index in [1.54, 1.807) is 47.5 Å². The first kappa shape index (κ1) is 27.5. The largest absolute Gasteiger partial charge is 0.342 e. The monoisotopic (exact) mass is 567 g/mol. The second-order valence-corrected chi connectivity index (χ2v) is 10.5. The number of carbonyl (C=O) groups excluding carboxylic acids is 2. The van der Waals surface area contributed by atoms with Gasteiger partial charge in [-0.05, 0) is 59.2 Å². The Morgan fingerprint density at radius 3 is 1.76 bits per heavy atom. The fourth-order valence-corrected chi connectivity index (χ4v) is 5.69. The van der Waals surface area contributed by atoms with Gasteiger partial charge >= 0.3 is 0 Å². The van der Waals surface area contributed by atoms with E-state index in [2.05, 4.69) is 4.90 Å². The highest BCUT2D eigenvalue weighted by Crippen LogP contribution is 2.30. The molecule has 1 amide bonds. The van der Waals surface area contributed by atoms with Crippen LogP contribution in [0.5, 0.6) is 0 Å². The highest BCUT2D eigenvalue weighted by atomic mass is 19.1. The zero-order valence-corrected chi connectivity index (χ0v) is 22.7. The predicted octanol–water partition coefficient (Wildman–Crippen LogP) is 6.22. The van der Waals surface area contributed by atoms with Gasteiger partial charge in [-0.3, -0.25) is 14.5 Å². The highest BCUT2D eigenvalue weighted by molar-refractivity contribution is 6.44. The van der Waals surface area contributed by atoms with Crippen LogP contribution in [0.3, 0.4) is 0 Å². The lowest BCUT2D eigenvalue weighted by molar-refractivity contribution is -0.128. The number of fused-ring (bicyclic) bond motifs is 1. The van der Waals surface area contributed by atoms with Crippen LogP contribution in [-0.2, 0) is 11.3 Å². The Labute approximate surface area is 241 Å². The molecule has 5 aromatic rings. The van der Waals surface area contributed by atoms with Crippen LogP contribution in [0.15, 0.2) is 103 Å². The molecule has 0 spiro atoms. The van der Waals surface area contributed by atoms with E-state index in [0.717, 1.165) is 22.2 Å². The number of nitrogens with zero attached hydrogens (tertiary/aromatic N) is 3. The molecule has 0 saturated carbocycles. The molecule has 6 rings (SSSR count). The fourth-order valence-electron chi connectivity index (χ4n) is 5.69. The van der Waals surface area contributed by atoms with Crippen LogP contribution in [0, 0.1) is 17.5 Å². The molecule has 4 aromatic carbocycles. The maximum absolute atomic E-state index is 13.7. The fraction of sp³-hybridized carbons (Fsp3) is 0.176. The molecule has 5 nitrogen and oxygen atoms in total. The Morgan fingerprint density at radius 1 is 0.667 bits per heavy atom. The first-order valence-electron chi connectivity index (χ1n) is 13.8. The van der Waals surface area contributed by atoms with Gasteiger partial charge in [-0.2, -0.15) is 0 Å². The summed E-state index contributed by atoms with van der Waals surface area (Å²) in [5.41, 5.74) is 3.72. The third kappa shape index (κ3) is 5.58. The van der Waals surface area contributed by atoms with Crippen LogP contribution in [0.1, 0.15) is 33.1 Å². The van der Waals surface area contributed by atoms with E-state index in [1.807, 2.05) is 28.8 Å². The number of ketones is 1. The van der Waals surface area contributed by atoms with Gasteiger partial charge in [0.15, 0.2) is 0 Å². The van der Waals surface area contributed by atoms with E-state index in [9.17, 15) is 22.8 Å². The van der Waals surface area contributed by atoms with E-state index in [-0.39, 0.29) is 23.5 Å². The van der Waals surface area contributed by atoms with Crippen molar-refractivity contribution in [2.75, 3.05) is 26.2 Å². The average Bonchev–Trinajstić information content (AvgIpc) is 3.38. The van der Waals surface area contributed by atoms with Crippen LogP contribution in [0.2, 0.25) is 0 Å². The van der Waals surface area contributed by atoms with Crippen molar-refractivity contribution in [3.8, 4) is 0 Å². The second kappa shape index (κ2) is 11.7. The zero-order valence-electron chi connectivity index (χ0n) is 22.7. The van der Waals surface area contributed by atoms with Crippen LogP contribution >= 0.6 is 0 Å². The van der Waals surface area contributed by atoms with Crippen LogP contribution in [-0.4, -0.2) is 52.2 Å². The maximum atomic E-state index is 13.7. The smallest absolute Gasteiger partial charge is 0.295 e. The maximum Gasteiger partial charge on any atom is 0.295 e. The number of piperazine rings is 1. The minimum atomic E-state index is -0.578. The molecule has 2 heterocycles. The highest BCUT2D eigenvalue weighted by Gasteiger charge is 2.32. The van der Waals surface area contributed by atoms with Crippen molar-refractivity contribution in [2.45, 2.75) is 12.6 Å². The van der Waals surface area contributed by atoms with Crippen LogP contribution in [0.25, 0.3) is 10.9 Å². The lowest BCUT2D eigenvalue weighted by Crippen LogP contribution is -2.51. The Hall–Kier alpha value is -4.69. The topological polar surface area (TPSA) is 45.6 Å². The molecule has 42 heavy (non-hydrogen) atoms. The van der Waals surface area contributed by atoms with Gasteiger partial charge in [-0.15, -0.1) is 0 Å². The molecular formula is C34H28F3N3O2. The number of rotatable bonds is 7. The van der Waals surface area contributed by atoms with Crippen molar-refractivity contribution < 1.29 is 22.8 Å². The lowest BCUT2D eigenvalue weighted by Gasteiger charge is -2.39. The number of benzene rings is 4. The average molecular weight is 568 g/mol. The van der Waals surface area contributed by atoms with Gasteiger partial charge in [0, 0.05) is 49.8 Å². The van der Waals surface area contributed by atoms with Crippen molar-refractivity contribution in [1.82, 2.24) is 14.4 Å². The van der Waals surface area contributed by atoms with Crippen LogP contribution < -0.4 is 0 Å². The summed E-state index contributed by atoms with van der Waals surface area (Å²) >= 11 is 0. The van der Waals surface area contributed by atoms with Gasteiger partial charge in [-0.1, -0.05) is 54.6 Å². The normalized spacial score (nSPS) is 14.0. The Balaban J connectivity index is 1.20. The number of amides is 1. The molecule has 0 radical (unpaired) electrons. The first-order chi connectivity index (χ1) is 20.4. The molecule has 1 aliphatic heterocycles. The van der Waals surface area contributed by atoms with Gasteiger partial charge in [0.1, 0.15) is 17.5 Å². The van der Waals surface area contributed by atoms with Crippen molar-refractivity contribution in [3.05, 3.63) is 143 Å². The van der Waals surface area contributed by atoms with E-state index in [4.69, 9.17) is 0 Å². The zero-order chi connectivity index (χ0) is 29.2. The van der Waals surface area contributed by atoms with Crippen molar-refractivity contribution in [2.24, 2.45) is 0 Å². The first-order valence-corrected chi connectivity index (χ1v) is 13.8. The third-order valence-corrected chi connectivity index (χ3v) is 7.83. The molecule has 0 bridgehead atoms. The lowest BCUT2D eigenvalue weighted by atomic mass is 9.96. The second-order valence-electron chi connectivity index (χ2n) is 10.5.